The van der Waals surface area contributed by atoms with E-state index in [1.807, 2.05) is 4.90 Å². The van der Waals surface area contributed by atoms with Crippen molar-refractivity contribution in [2.24, 2.45) is 4.99 Å². The number of hydrogen-bond acceptors (Lipinski definition) is 4. The predicted molar refractivity (Wildman–Crippen MR) is 104 cm³/mol. The van der Waals surface area contributed by atoms with Gasteiger partial charge in [-0.2, -0.15) is 0 Å². The van der Waals surface area contributed by atoms with Gasteiger partial charge >= 0.3 is 0 Å². The lowest BCUT2D eigenvalue weighted by atomic mass is 10.2. The van der Waals surface area contributed by atoms with Crippen LogP contribution in [0, 0.1) is 0 Å². The fraction of sp³-hybridized carbons (Fsp3) is 0.842. The first kappa shape index (κ1) is 19.9. The number of rotatable bonds is 7. The summed E-state index contributed by atoms with van der Waals surface area (Å²) in [6.45, 7) is 7.13. The Morgan fingerprint density at radius 3 is 2.48 bits per heavy atom. The molecule has 152 valence electrons. The molecule has 3 aliphatic rings. The lowest BCUT2D eigenvalue weighted by molar-refractivity contribution is -0.142. The van der Waals surface area contributed by atoms with Gasteiger partial charge in [0.05, 0.1) is 0 Å². The summed E-state index contributed by atoms with van der Waals surface area (Å²) in [6, 6.07) is 0.423. The van der Waals surface area contributed by atoms with Gasteiger partial charge in [-0.15, -0.1) is 0 Å². The van der Waals surface area contributed by atoms with Crippen molar-refractivity contribution in [3.63, 3.8) is 0 Å². The van der Waals surface area contributed by atoms with Gasteiger partial charge in [-0.3, -0.25) is 14.6 Å². The Morgan fingerprint density at radius 1 is 1.11 bits per heavy atom. The first-order chi connectivity index (χ1) is 13.2. The van der Waals surface area contributed by atoms with Crippen LogP contribution in [0.1, 0.15) is 45.4 Å². The number of ether oxygens (including phenoxy) is 1. The summed E-state index contributed by atoms with van der Waals surface area (Å²) in [5.41, 5.74) is 0. The zero-order chi connectivity index (χ0) is 19.1. The fourth-order valence-corrected chi connectivity index (χ4v) is 3.49. The molecule has 0 radical (unpaired) electrons. The summed E-state index contributed by atoms with van der Waals surface area (Å²) in [5.74, 6) is 1.15. The summed E-state index contributed by atoms with van der Waals surface area (Å²) in [5, 5.41) is 6.34. The highest BCUT2D eigenvalue weighted by atomic mass is 16.5. The average molecular weight is 380 g/mol. The molecule has 1 saturated carbocycles. The second-order valence-electron chi connectivity index (χ2n) is 7.49. The molecule has 8 heteroatoms. The maximum Gasteiger partial charge on any atom is 0.251 e. The predicted octanol–water partition coefficient (Wildman–Crippen LogP) is 0.334. The monoisotopic (exact) mass is 379 g/mol. The highest BCUT2D eigenvalue weighted by Crippen LogP contribution is 2.18. The van der Waals surface area contributed by atoms with Crippen molar-refractivity contribution in [2.45, 2.75) is 57.6 Å². The summed E-state index contributed by atoms with van der Waals surface area (Å²) in [4.78, 5) is 33.0. The molecule has 0 aromatic rings. The van der Waals surface area contributed by atoms with Crippen LogP contribution in [0.3, 0.4) is 0 Å². The molecule has 3 rings (SSSR count). The van der Waals surface area contributed by atoms with Crippen LogP contribution in [-0.2, 0) is 14.3 Å². The van der Waals surface area contributed by atoms with Crippen LogP contribution in [0.15, 0.2) is 4.99 Å². The zero-order valence-corrected chi connectivity index (χ0v) is 16.4. The van der Waals surface area contributed by atoms with Crippen molar-refractivity contribution in [3.8, 4) is 0 Å². The zero-order valence-electron chi connectivity index (χ0n) is 16.4. The van der Waals surface area contributed by atoms with E-state index in [-0.39, 0.29) is 17.9 Å². The lowest BCUT2D eigenvalue weighted by Crippen LogP contribution is -2.55. The molecule has 27 heavy (non-hydrogen) atoms. The minimum atomic E-state index is -0.236. The van der Waals surface area contributed by atoms with Crippen LogP contribution in [0.2, 0.25) is 0 Å². The van der Waals surface area contributed by atoms with Crippen molar-refractivity contribution in [2.75, 3.05) is 45.9 Å². The molecule has 0 aromatic heterocycles. The highest BCUT2D eigenvalue weighted by molar-refractivity contribution is 5.83. The van der Waals surface area contributed by atoms with Gasteiger partial charge in [0, 0.05) is 58.3 Å². The molecule has 8 nitrogen and oxygen atoms in total. The van der Waals surface area contributed by atoms with E-state index in [0.717, 1.165) is 57.7 Å². The van der Waals surface area contributed by atoms with Crippen molar-refractivity contribution < 1.29 is 14.3 Å². The lowest BCUT2D eigenvalue weighted by Gasteiger charge is -2.37. The van der Waals surface area contributed by atoms with Gasteiger partial charge in [0.15, 0.2) is 5.96 Å². The van der Waals surface area contributed by atoms with Gasteiger partial charge in [-0.1, -0.05) is 0 Å². The van der Waals surface area contributed by atoms with Crippen molar-refractivity contribution >= 4 is 17.8 Å². The molecule has 2 saturated heterocycles. The van der Waals surface area contributed by atoms with E-state index >= 15 is 0 Å². The molecule has 1 unspecified atom stereocenters. The number of carbonyl (C=O) groups excluding carboxylic acids is 2. The topological polar surface area (TPSA) is 86.3 Å². The molecular formula is C19H33N5O3. The van der Waals surface area contributed by atoms with Crippen LogP contribution < -0.4 is 10.6 Å². The molecule has 2 aliphatic heterocycles. The maximum absolute atomic E-state index is 12.5. The first-order valence-corrected chi connectivity index (χ1v) is 10.4. The third-order valence-electron chi connectivity index (χ3n) is 5.20. The molecule has 1 aliphatic carbocycles. The van der Waals surface area contributed by atoms with Crippen LogP contribution in [0.4, 0.5) is 0 Å². The van der Waals surface area contributed by atoms with E-state index < -0.39 is 0 Å². The Labute approximate surface area is 161 Å². The molecule has 2 heterocycles. The van der Waals surface area contributed by atoms with E-state index in [1.54, 1.807) is 0 Å². The summed E-state index contributed by atoms with van der Waals surface area (Å²) >= 11 is 0. The number of nitrogens with zero attached hydrogens (tertiary/aromatic N) is 3. The van der Waals surface area contributed by atoms with Gasteiger partial charge in [0.1, 0.15) is 6.10 Å². The fourth-order valence-electron chi connectivity index (χ4n) is 3.49. The first-order valence-electron chi connectivity index (χ1n) is 10.4. The number of carbonyl (C=O) groups is 2. The second kappa shape index (κ2) is 9.92. The minimum Gasteiger partial charge on any atom is -0.368 e. The molecule has 0 bridgehead atoms. The van der Waals surface area contributed by atoms with Gasteiger partial charge in [-0.05, 0) is 39.0 Å². The van der Waals surface area contributed by atoms with Crippen LogP contribution >= 0.6 is 0 Å². The van der Waals surface area contributed by atoms with E-state index in [1.165, 1.54) is 0 Å². The Balaban J connectivity index is 1.41. The van der Waals surface area contributed by atoms with Gasteiger partial charge < -0.3 is 25.2 Å². The molecule has 2 amide bonds. The second-order valence-corrected chi connectivity index (χ2v) is 7.49. The Bertz CT molecular complexity index is 535. The molecule has 2 N–H and O–H groups in total. The maximum atomic E-state index is 12.5. The largest absolute Gasteiger partial charge is 0.368 e. The third-order valence-corrected chi connectivity index (χ3v) is 5.20. The standard InChI is InChI=1S/C19H33N5O3/c1-2-20-19(21-9-3-6-17(25)22-15-7-8-15)24-12-10-23(11-13-24)18(26)16-5-4-14-27-16/h15-16H,2-14H2,1H3,(H,20,21)(H,22,25). The van der Waals surface area contributed by atoms with Crippen molar-refractivity contribution in [1.82, 2.24) is 20.4 Å². The SMILES string of the molecule is CCNC(=NCCCC(=O)NC1CC1)N1CCN(C(=O)C2CCCO2)CC1. The van der Waals surface area contributed by atoms with Gasteiger partial charge in [-0.25, -0.2) is 0 Å². The normalized spacial score (nSPS) is 23.4. The van der Waals surface area contributed by atoms with E-state index in [0.29, 0.717) is 38.7 Å². The van der Waals surface area contributed by atoms with E-state index in [9.17, 15) is 9.59 Å². The van der Waals surface area contributed by atoms with Crippen LogP contribution in [0.5, 0.6) is 0 Å². The number of guanidine groups is 1. The van der Waals surface area contributed by atoms with Crippen LogP contribution in [0.25, 0.3) is 0 Å². The Kier molecular flexibility index (Phi) is 7.32. The van der Waals surface area contributed by atoms with Crippen molar-refractivity contribution in [1.29, 1.82) is 0 Å². The number of hydrogen-bond donors (Lipinski definition) is 2. The molecule has 0 aromatic carbocycles. The molecular weight excluding hydrogens is 346 g/mol. The van der Waals surface area contributed by atoms with Crippen LogP contribution in [-0.4, -0.2) is 85.6 Å². The number of piperazine rings is 1. The quantitative estimate of drug-likeness (QED) is 0.378. The Hall–Kier alpha value is -1.83. The van der Waals surface area contributed by atoms with Crippen molar-refractivity contribution in [3.05, 3.63) is 0 Å². The number of nitrogens with one attached hydrogen (secondary N) is 2. The summed E-state index contributed by atoms with van der Waals surface area (Å²) < 4.78 is 5.52. The highest BCUT2D eigenvalue weighted by Gasteiger charge is 2.30. The van der Waals surface area contributed by atoms with Gasteiger partial charge in [0.25, 0.3) is 5.91 Å². The molecule has 0 spiro atoms. The minimum absolute atomic E-state index is 0.135. The number of amides is 2. The number of aliphatic imine (C=N–C) groups is 1. The molecule has 1 atom stereocenters. The third kappa shape index (κ3) is 6.09. The smallest absolute Gasteiger partial charge is 0.251 e. The summed E-state index contributed by atoms with van der Waals surface area (Å²) in [6.07, 6.45) is 5.11. The molecule has 3 fully saturated rings. The van der Waals surface area contributed by atoms with E-state index in [2.05, 4.69) is 27.4 Å². The van der Waals surface area contributed by atoms with E-state index in [4.69, 9.17) is 4.74 Å². The average Bonchev–Trinajstić information content (AvgIpc) is 3.32. The summed E-state index contributed by atoms with van der Waals surface area (Å²) in [7, 11) is 0. The van der Waals surface area contributed by atoms with Gasteiger partial charge in [0.2, 0.25) is 5.91 Å². The Morgan fingerprint density at radius 2 is 1.85 bits per heavy atom.